The Kier molecular flexibility index (Phi) is 7.01. The summed E-state index contributed by atoms with van der Waals surface area (Å²) in [6, 6.07) is 17.9. The lowest BCUT2D eigenvalue weighted by atomic mass is 10.0. The lowest BCUT2D eigenvalue weighted by molar-refractivity contribution is -0.118. The summed E-state index contributed by atoms with van der Waals surface area (Å²) in [5, 5.41) is 11.2. The monoisotopic (exact) mass is 397 g/mol. The van der Waals surface area contributed by atoms with E-state index in [1.54, 1.807) is 6.08 Å². The molecule has 1 N–H and O–H groups in total. The maximum atomic E-state index is 12.2. The van der Waals surface area contributed by atoms with Gasteiger partial charge in [-0.15, -0.1) is 16.8 Å². The van der Waals surface area contributed by atoms with Crippen molar-refractivity contribution in [2.24, 2.45) is 0 Å². The molecule has 7 heteroatoms. The first-order valence-corrected chi connectivity index (χ1v) is 10.2. The molecule has 1 aromatic heterocycles. The summed E-state index contributed by atoms with van der Waals surface area (Å²) >= 11 is 2.86. The van der Waals surface area contributed by atoms with Gasteiger partial charge in [0.05, 0.1) is 0 Å². The molecule has 0 radical (unpaired) electrons. The Hall–Kier alpha value is -2.64. The molecule has 3 rings (SSSR count). The van der Waals surface area contributed by atoms with Crippen LogP contribution in [0, 0.1) is 0 Å². The number of carbonyl (C=O) groups excluding carboxylic acids is 1. The summed E-state index contributed by atoms with van der Waals surface area (Å²) in [6.45, 7) is 3.58. The van der Waals surface area contributed by atoms with Crippen molar-refractivity contribution < 1.29 is 9.53 Å². The molecule has 0 fully saturated rings. The number of benzene rings is 2. The highest BCUT2D eigenvalue weighted by molar-refractivity contribution is 8.01. The molecule has 0 bridgehead atoms. The van der Waals surface area contributed by atoms with Crippen LogP contribution in [-0.4, -0.2) is 28.5 Å². The van der Waals surface area contributed by atoms with Gasteiger partial charge in [0, 0.05) is 12.2 Å². The van der Waals surface area contributed by atoms with Crippen molar-refractivity contribution in [2.75, 3.05) is 17.7 Å². The average molecular weight is 398 g/mol. The van der Waals surface area contributed by atoms with E-state index < -0.39 is 0 Å². The van der Waals surface area contributed by atoms with Crippen LogP contribution in [-0.2, 0) is 11.2 Å². The Morgan fingerprint density at radius 1 is 1.15 bits per heavy atom. The number of hydrogen-bond acceptors (Lipinski definition) is 6. The number of aromatic nitrogens is 2. The van der Waals surface area contributed by atoms with Gasteiger partial charge in [-0.3, -0.25) is 10.1 Å². The van der Waals surface area contributed by atoms with Gasteiger partial charge in [-0.05, 0) is 17.2 Å². The van der Waals surface area contributed by atoms with Gasteiger partial charge in [0.15, 0.2) is 10.9 Å². The van der Waals surface area contributed by atoms with Gasteiger partial charge >= 0.3 is 0 Å². The first-order valence-electron chi connectivity index (χ1n) is 8.36. The van der Waals surface area contributed by atoms with Crippen LogP contribution < -0.4 is 10.1 Å². The predicted molar refractivity (Wildman–Crippen MR) is 111 cm³/mol. The average Bonchev–Trinajstić information content (AvgIpc) is 3.13. The fourth-order valence-corrected chi connectivity index (χ4v) is 3.88. The number of rotatable bonds is 9. The summed E-state index contributed by atoms with van der Waals surface area (Å²) in [6.07, 6.45) is 2.55. The van der Waals surface area contributed by atoms with Crippen molar-refractivity contribution in [1.82, 2.24) is 10.2 Å². The van der Waals surface area contributed by atoms with Gasteiger partial charge in [0.1, 0.15) is 5.75 Å². The first kappa shape index (κ1) is 19.1. The predicted octanol–water partition coefficient (Wildman–Crippen LogP) is 4.42. The third-order valence-electron chi connectivity index (χ3n) is 3.55. The molecule has 0 saturated heterocycles. The fraction of sp³-hybridized carbons (Fsp3) is 0.150. The Labute approximate surface area is 166 Å². The van der Waals surface area contributed by atoms with Crippen molar-refractivity contribution in [2.45, 2.75) is 10.8 Å². The second-order valence-electron chi connectivity index (χ2n) is 5.58. The molecule has 5 nitrogen and oxygen atoms in total. The van der Waals surface area contributed by atoms with Crippen LogP contribution in [0.25, 0.3) is 0 Å². The molecule has 1 heterocycles. The van der Waals surface area contributed by atoms with E-state index in [9.17, 15) is 4.79 Å². The van der Waals surface area contributed by atoms with E-state index in [0.29, 0.717) is 10.9 Å². The van der Waals surface area contributed by atoms with Gasteiger partial charge in [-0.25, -0.2) is 0 Å². The molecule has 0 aliphatic heterocycles. The van der Waals surface area contributed by atoms with Crippen LogP contribution >= 0.6 is 23.1 Å². The van der Waals surface area contributed by atoms with Crippen LogP contribution in [0.3, 0.4) is 0 Å². The lowest BCUT2D eigenvalue weighted by Gasteiger charge is -2.11. The van der Waals surface area contributed by atoms with Crippen molar-refractivity contribution in [3.05, 3.63) is 78.4 Å². The molecular weight excluding hydrogens is 378 g/mol. The van der Waals surface area contributed by atoms with Crippen molar-refractivity contribution in [1.29, 1.82) is 0 Å². The van der Waals surface area contributed by atoms with Crippen molar-refractivity contribution in [3.63, 3.8) is 0 Å². The molecule has 1 amide bonds. The highest BCUT2D eigenvalue weighted by Gasteiger charge is 2.11. The molecule has 27 heavy (non-hydrogen) atoms. The van der Waals surface area contributed by atoms with Crippen molar-refractivity contribution >= 4 is 34.1 Å². The highest BCUT2D eigenvalue weighted by Crippen LogP contribution is 2.25. The topological polar surface area (TPSA) is 64.1 Å². The van der Waals surface area contributed by atoms with Crippen molar-refractivity contribution in [3.8, 4) is 5.75 Å². The van der Waals surface area contributed by atoms with E-state index in [4.69, 9.17) is 4.74 Å². The number of nitrogens with zero attached hydrogens (tertiary/aromatic N) is 2. The van der Waals surface area contributed by atoms with E-state index in [-0.39, 0.29) is 12.5 Å². The quantitative estimate of drug-likeness (QED) is 0.329. The van der Waals surface area contributed by atoms with Gasteiger partial charge in [-0.2, -0.15) is 0 Å². The minimum Gasteiger partial charge on any atom is -0.483 e. The maximum absolute atomic E-state index is 12.2. The molecule has 0 aliphatic carbocycles. The van der Waals surface area contributed by atoms with Gasteiger partial charge in [0.2, 0.25) is 5.13 Å². The smallest absolute Gasteiger partial charge is 0.264 e. The summed E-state index contributed by atoms with van der Waals surface area (Å²) in [4.78, 5) is 12.2. The second-order valence-corrected chi connectivity index (χ2v) is 7.82. The molecule has 2 aromatic carbocycles. The van der Waals surface area contributed by atoms with Crippen LogP contribution in [0.1, 0.15) is 11.1 Å². The van der Waals surface area contributed by atoms with Gasteiger partial charge in [-0.1, -0.05) is 77.7 Å². The fourth-order valence-electron chi connectivity index (χ4n) is 2.35. The molecule has 0 aliphatic rings. The van der Waals surface area contributed by atoms with E-state index in [2.05, 4.69) is 34.2 Å². The Morgan fingerprint density at radius 3 is 2.74 bits per heavy atom. The first-order chi connectivity index (χ1) is 13.2. The van der Waals surface area contributed by atoms with E-state index in [1.807, 2.05) is 42.5 Å². The van der Waals surface area contributed by atoms with Crippen LogP contribution in [0.15, 0.2) is 71.6 Å². The zero-order chi connectivity index (χ0) is 18.9. The molecule has 0 atom stereocenters. The molecule has 0 spiro atoms. The summed E-state index contributed by atoms with van der Waals surface area (Å²) in [5.41, 5.74) is 2.23. The standard InChI is InChI=1S/C20H19N3O2S2/c1-2-12-26-20-23-22-19(27-20)21-18(24)14-25-17-11-7-6-10-16(17)13-15-8-4-3-5-9-15/h2-11H,1,12-14H2,(H,21,22,24). The third-order valence-corrected chi connectivity index (χ3v) is 5.51. The summed E-state index contributed by atoms with van der Waals surface area (Å²) in [7, 11) is 0. The Bertz CT molecular complexity index is 897. The molecule has 138 valence electrons. The molecule has 0 saturated carbocycles. The Morgan fingerprint density at radius 2 is 1.93 bits per heavy atom. The van der Waals surface area contributed by atoms with E-state index in [1.165, 1.54) is 28.7 Å². The van der Waals surface area contributed by atoms with Crippen LogP contribution in [0.2, 0.25) is 0 Å². The number of ether oxygens (including phenoxy) is 1. The number of thioether (sulfide) groups is 1. The van der Waals surface area contributed by atoms with Gasteiger partial charge in [0.25, 0.3) is 5.91 Å². The number of carbonyl (C=O) groups is 1. The molecule has 3 aromatic rings. The maximum Gasteiger partial charge on any atom is 0.264 e. The lowest BCUT2D eigenvalue weighted by Crippen LogP contribution is -2.20. The summed E-state index contributed by atoms with van der Waals surface area (Å²) in [5.74, 6) is 1.20. The highest BCUT2D eigenvalue weighted by atomic mass is 32.2. The van der Waals surface area contributed by atoms with Gasteiger partial charge < -0.3 is 4.74 Å². The largest absolute Gasteiger partial charge is 0.483 e. The zero-order valence-electron chi connectivity index (χ0n) is 14.6. The summed E-state index contributed by atoms with van der Waals surface area (Å²) < 4.78 is 6.53. The van der Waals surface area contributed by atoms with Crippen LogP contribution in [0.5, 0.6) is 5.75 Å². The van der Waals surface area contributed by atoms with E-state index in [0.717, 1.165) is 22.1 Å². The molecule has 0 unspecified atom stereocenters. The Balaban J connectivity index is 1.56. The third kappa shape index (κ3) is 5.94. The number of amides is 1. The SMILES string of the molecule is C=CCSc1nnc(NC(=O)COc2ccccc2Cc2ccccc2)s1. The van der Waals surface area contributed by atoms with Crippen LogP contribution in [0.4, 0.5) is 5.13 Å². The number of anilines is 1. The molecular formula is C20H19N3O2S2. The van der Waals surface area contributed by atoms with E-state index >= 15 is 0 Å². The normalized spacial score (nSPS) is 10.4. The number of nitrogens with one attached hydrogen (secondary N) is 1. The second kappa shape index (κ2) is 9.89. The minimum atomic E-state index is -0.263. The number of hydrogen-bond donors (Lipinski definition) is 1. The zero-order valence-corrected chi connectivity index (χ0v) is 16.3. The number of para-hydroxylation sites is 1. The minimum absolute atomic E-state index is 0.0828.